The third-order valence-electron chi connectivity index (χ3n) is 4.98. The number of ether oxygens (including phenoxy) is 1. The van der Waals surface area contributed by atoms with Gasteiger partial charge in [-0.15, -0.1) is 0 Å². The first-order valence-corrected chi connectivity index (χ1v) is 11.6. The third kappa shape index (κ3) is 4.46. The van der Waals surface area contributed by atoms with E-state index in [1.807, 2.05) is 43.8 Å². The largest absolute Gasteiger partial charge is 0.480 e. The Morgan fingerprint density at radius 1 is 1.13 bits per heavy atom. The smallest absolute Gasteiger partial charge is 0.264 e. The van der Waals surface area contributed by atoms with Crippen LogP contribution in [0.25, 0.3) is 22.4 Å². The fourth-order valence-electron chi connectivity index (χ4n) is 3.32. The first-order valence-electron chi connectivity index (χ1n) is 9.75. The minimum absolute atomic E-state index is 0.0504. The number of rotatable bonds is 7. The maximum atomic E-state index is 11.3. The van der Waals surface area contributed by atoms with Crippen molar-refractivity contribution in [2.75, 3.05) is 20.0 Å². The van der Waals surface area contributed by atoms with Gasteiger partial charge in [0.2, 0.25) is 5.88 Å². The van der Waals surface area contributed by atoms with Crippen LogP contribution in [0.3, 0.4) is 0 Å². The van der Waals surface area contributed by atoms with Gasteiger partial charge >= 0.3 is 0 Å². The van der Waals surface area contributed by atoms with Crippen molar-refractivity contribution in [2.24, 2.45) is 7.05 Å². The van der Waals surface area contributed by atoms with Gasteiger partial charge in [-0.2, -0.15) is 8.42 Å². The van der Waals surface area contributed by atoms with Gasteiger partial charge in [0.15, 0.2) is 5.65 Å². The van der Waals surface area contributed by atoms with E-state index in [-0.39, 0.29) is 18.4 Å². The molecule has 1 unspecified atom stereocenters. The Morgan fingerprint density at radius 2 is 1.83 bits per heavy atom. The molecule has 0 fully saturated rings. The number of hydrogen-bond acceptors (Lipinski definition) is 7. The Morgan fingerprint density at radius 3 is 2.43 bits per heavy atom. The number of fused-ring (bicyclic) bond motifs is 1. The van der Waals surface area contributed by atoms with Crippen molar-refractivity contribution in [3.63, 3.8) is 0 Å². The van der Waals surface area contributed by atoms with E-state index >= 15 is 0 Å². The summed E-state index contributed by atoms with van der Waals surface area (Å²) >= 11 is 0. The van der Waals surface area contributed by atoms with Gasteiger partial charge < -0.3 is 9.30 Å². The monoisotopic (exact) mass is 432 g/mol. The van der Waals surface area contributed by atoms with Crippen LogP contribution in [0, 0.1) is 6.92 Å². The highest BCUT2D eigenvalue weighted by Gasteiger charge is 2.21. The number of methoxy groups -OCH3 is 1. The van der Waals surface area contributed by atoms with Crippen molar-refractivity contribution in [3.05, 3.63) is 35.3 Å². The van der Waals surface area contributed by atoms with Crippen LogP contribution in [-0.2, 0) is 21.3 Å². The van der Waals surface area contributed by atoms with Crippen LogP contribution in [-0.4, -0.2) is 47.9 Å². The van der Waals surface area contributed by atoms with Crippen molar-refractivity contribution >= 4 is 21.3 Å². The predicted octanol–water partition coefficient (Wildman–Crippen LogP) is 3.55. The summed E-state index contributed by atoms with van der Waals surface area (Å²) in [7, 11) is -0.0172. The zero-order chi connectivity index (χ0) is 22.2. The van der Waals surface area contributed by atoms with Gasteiger partial charge in [-0.3, -0.25) is 4.18 Å². The molecule has 0 aliphatic rings. The fourth-order valence-corrected chi connectivity index (χ4v) is 3.78. The molecule has 8 nitrogen and oxygen atoms in total. The highest BCUT2D eigenvalue weighted by atomic mass is 32.2. The van der Waals surface area contributed by atoms with Crippen molar-refractivity contribution in [2.45, 2.75) is 39.5 Å². The molecule has 9 heteroatoms. The summed E-state index contributed by atoms with van der Waals surface area (Å²) in [5, 5.41) is 0. The van der Waals surface area contributed by atoms with E-state index in [9.17, 15) is 8.42 Å². The summed E-state index contributed by atoms with van der Waals surface area (Å²) in [6.45, 7) is 8.01. The maximum absolute atomic E-state index is 11.3. The second kappa shape index (κ2) is 8.31. The van der Waals surface area contributed by atoms with E-state index in [2.05, 4.69) is 18.8 Å². The minimum Gasteiger partial charge on any atom is -0.480 e. The first-order chi connectivity index (χ1) is 14.0. The number of aryl methyl sites for hydroxylation is 2. The highest BCUT2D eigenvalue weighted by molar-refractivity contribution is 7.85. The lowest BCUT2D eigenvalue weighted by atomic mass is 10.0. The van der Waals surface area contributed by atoms with Gasteiger partial charge in [-0.25, -0.2) is 15.0 Å². The minimum atomic E-state index is -3.51. The van der Waals surface area contributed by atoms with Gasteiger partial charge in [-0.1, -0.05) is 20.8 Å². The standard InChI is InChI=1S/C21H28N4O4S/c1-12(2)17-9-8-15(21(23-17)28-6)18-14(4)22-19-16(10-25(5)20(19)24-18)13(3)11-29-30(7,26)27/h8-10,12-13H,11H2,1-7H3. The summed E-state index contributed by atoms with van der Waals surface area (Å²) in [6, 6.07) is 3.95. The highest BCUT2D eigenvalue weighted by Crippen LogP contribution is 2.33. The Kier molecular flexibility index (Phi) is 6.14. The summed E-state index contributed by atoms with van der Waals surface area (Å²) in [4.78, 5) is 14.3. The predicted molar refractivity (Wildman–Crippen MR) is 116 cm³/mol. The van der Waals surface area contributed by atoms with Gasteiger partial charge in [-0.05, 0) is 25.0 Å². The van der Waals surface area contributed by atoms with Crippen LogP contribution in [0.5, 0.6) is 5.88 Å². The molecule has 3 heterocycles. The summed E-state index contributed by atoms with van der Waals surface area (Å²) in [5.41, 5.74) is 5.49. The second-order valence-electron chi connectivity index (χ2n) is 7.86. The van der Waals surface area contributed by atoms with Crippen LogP contribution < -0.4 is 4.74 Å². The summed E-state index contributed by atoms with van der Waals surface area (Å²) in [6.07, 6.45) is 2.96. The topological polar surface area (TPSA) is 96.2 Å². The lowest BCUT2D eigenvalue weighted by Gasteiger charge is -2.13. The quantitative estimate of drug-likeness (QED) is 0.527. The van der Waals surface area contributed by atoms with Crippen LogP contribution in [0.2, 0.25) is 0 Å². The molecule has 0 aliphatic carbocycles. The van der Waals surface area contributed by atoms with E-state index in [0.717, 1.165) is 34.3 Å². The van der Waals surface area contributed by atoms with Crippen molar-refractivity contribution in [3.8, 4) is 17.1 Å². The molecular formula is C21H28N4O4S. The zero-order valence-electron chi connectivity index (χ0n) is 18.4. The van der Waals surface area contributed by atoms with Gasteiger partial charge in [0.1, 0.15) is 5.52 Å². The van der Waals surface area contributed by atoms with E-state index in [1.165, 1.54) is 0 Å². The SMILES string of the molecule is COc1nc(C(C)C)ccc1-c1nc2c(nc1C)c(C(C)COS(C)(=O)=O)cn2C. The van der Waals surface area contributed by atoms with Gasteiger partial charge in [0.05, 0.1) is 36.9 Å². The second-order valence-corrected chi connectivity index (χ2v) is 9.51. The molecule has 0 saturated heterocycles. The van der Waals surface area contributed by atoms with Crippen molar-refractivity contribution < 1.29 is 17.3 Å². The lowest BCUT2D eigenvalue weighted by Crippen LogP contribution is -2.10. The lowest BCUT2D eigenvalue weighted by molar-refractivity contribution is 0.302. The molecule has 0 aromatic carbocycles. The number of hydrogen-bond donors (Lipinski definition) is 0. The molecule has 162 valence electrons. The van der Waals surface area contributed by atoms with Gasteiger partial charge in [0, 0.05) is 30.4 Å². The van der Waals surface area contributed by atoms with Crippen molar-refractivity contribution in [1.29, 1.82) is 0 Å². The van der Waals surface area contributed by atoms with E-state index in [1.54, 1.807) is 7.11 Å². The van der Waals surface area contributed by atoms with E-state index in [4.69, 9.17) is 18.9 Å². The van der Waals surface area contributed by atoms with Crippen LogP contribution in [0.15, 0.2) is 18.3 Å². The van der Waals surface area contributed by atoms with E-state index < -0.39 is 10.1 Å². The molecule has 0 amide bonds. The van der Waals surface area contributed by atoms with Crippen LogP contribution in [0.1, 0.15) is 49.6 Å². The molecule has 0 N–H and O–H groups in total. The van der Waals surface area contributed by atoms with Crippen LogP contribution in [0.4, 0.5) is 0 Å². The van der Waals surface area contributed by atoms with Crippen LogP contribution >= 0.6 is 0 Å². The third-order valence-corrected chi connectivity index (χ3v) is 5.54. The zero-order valence-corrected chi connectivity index (χ0v) is 19.2. The van der Waals surface area contributed by atoms with Gasteiger partial charge in [0.25, 0.3) is 10.1 Å². The summed E-state index contributed by atoms with van der Waals surface area (Å²) in [5.74, 6) is 0.639. The molecule has 3 aromatic rings. The average Bonchev–Trinajstić information content (AvgIpc) is 3.00. The first kappa shape index (κ1) is 22.2. The molecule has 0 radical (unpaired) electrons. The number of pyridine rings is 1. The molecule has 0 spiro atoms. The molecule has 30 heavy (non-hydrogen) atoms. The number of aromatic nitrogens is 4. The Bertz CT molecular complexity index is 1190. The molecule has 1 atom stereocenters. The number of nitrogens with zero attached hydrogens (tertiary/aromatic N) is 4. The molecule has 3 rings (SSSR count). The normalized spacial score (nSPS) is 13.2. The fraction of sp³-hybridized carbons (Fsp3) is 0.476. The molecule has 0 saturated carbocycles. The van der Waals surface area contributed by atoms with Crippen molar-refractivity contribution in [1.82, 2.24) is 19.5 Å². The molecule has 0 bridgehead atoms. The Hall–Kier alpha value is -2.52. The van der Waals surface area contributed by atoms with E-state index in [0.29, 0.717) is 17.2 Å². The average molecular weight is 433 g/mol. The Labute approximate surface area is 177 Å². The molecule has 3 aromatic heterocycles. The molecular weight excluding hydrogens is 404 g/mol. The maximum Gasteiger partial charge on any atom is 0.264 e. The molecule has 0 aliphatic heterocycles. The Balaban J connectivity index is 2.08. The summed E-state index contributed by atoms with van der Waals surface area (Å²) < 4.78 is 35.1.